The Morgan fingerprint density at radius 3 is 2.21 bits per heavy atom. The standard InChI is InChI=1S/C17H11ClO.C5H13N3O/c18-17-8-4-3-7-16(17)6-2-1-5-14-9-11-15(13-19)12-10-14;1-3(6)4(8-2)5(7)9/h1,3-5,7-13H;3-4,8H,6H2,1-2H3,(H2,7,9)/b5-1+;. The lowest BCUT2D eigenvalue weighted by atomic mass is 10.1. The summed E-state index contributed by atoms with van der Waals surface area (Å²) in [5, 5.41) is 3.35. The number of allylic oxidation sites excluding steroid dienone is 1. The molecule has 2 unspecified atom stereocenters. The van der Waals surface area contributed by atoms with Gasteiger partial charge in [-0.05, 0) is 43.8 Å². The molecule has 0 fully saturated rings. The number of nitrogens with two attached hydrogens (primary N) is 2. The van der Waals surface area contributed by atoms with Gasteiger partial charge in [0.1, 0.15) is 12.3 Å². The predicted octanol–water partition coefficient (Wildman–Crippen LogP) is 2.62. The van der Waals surface area contributed by atoms with E-state index < -0.39 is 11.9 Å². The molecule has 2 atom stereocenters. The Morgan fingerprint density at radius 1 is 1.14 bits per heavy atom. The van der Waals surface area contributed by atoms with E-state index in [0.29, 0.717) is 10.6 Å². The molecule has 2 aromatic carbocycles. The predicted molar refractivity (Wildman–Crippen MR) is 115 cm³/mol. The van der Waals surface area contributed by atoms with Crippen molar-refractivity contribution in [2.45, 2.75) is 19.0 Å². The highest BCUT2D eigenvalue weighted by Crippen LogP contribution is 2.13. The molecular weight excluding hydrogens is 374 g/mol. The molecule has 0 saturated carbocycles. The highest BCUT2D eigenvalue weighted by atomic mass is 35.5. The van der Waals surface area contributed by atoms with Crippen LogP contribution in [-0.4, -0.2) is 31.3 Å². The van der Waals surface area contributed by atoms with Gasteiger partial charge in [0.15, 0.2) is 0 Å². The number of hydrogen-bond donors (Lipinski definition) is 3. The van der Waals surface area contributed by atoms with E-state index in [1.165, 1.54) is 0 Å². The Morgan fingerprint density at radius 2 is 1.75 bits per heavy atom. The maximum Gasteiger partial charge on any atom is 0.236 e. The second kappa shape index (κ2) is 12.5. The lowest BCUT2D eigenvalue weighted by Gasteiger charge is -2.14. The molecule has 5 N–H and O–H groups in total. The minimum atomic E-state index is -0.412. The van der Waals surface area contributed by atoms with Crippen LogP contribution in [0.15, 0.2) is 54.6 Å². The van der Waals surface area contributed by atoms with E-state index in [1.807, 2.05) is 42.5 Å². The van der Waals surface area contributed by atoms with Crippen molar-refractivity contribution in [2.24, 2.45) is 11.5 Å². The quantitative estimate of drug-likeness (QED) is 0.533. The summed E-state index contributed by atoms with van der Waals surface area (Å²) in [7, 11) is 1.65. The van der Waals surface area contributed by atoms with Gasteiger partial charge in [-0.15, -0.1) is 0 Å². The van der Waals surface area contributed by atoms with Gasteiger partial charge in [0.05, 0.1) is 5.02 Å². The van der Waals surface area contributed by atoms with E-state index in [-0.39, 0.29) is 6.04 Å². The van der Waals surface area contributed by atoms with Gasteiger partial charge >= 0.3 is 0 Å². The zero-order chi connectivity index (χ0) is 20.9. The number of primary amides is 1. The Balaban J connectivity index is 0.000000370. The van der Waals surface area contributed by atoms with Gasteiger partial charge < -0.3 is 16.8 Å². The average Bonchev–Trinajstić information content (AvgIpc) is 2.67. The number of hydrogen-bond acceptors (Lipinski definition) is 4. The topological polar surface area (TPSA) is 98.2 Å². The van der Waals surface area contributed by atoms with Crippen LogP contribution in [0, 0.1) is 11.8 Å². The fraction of sp³-hybridized carbons (Fsp3) is 0.182. The largest absolute Gasteiger partial charge is 0.368 e. The van der Waals surface area contributed by atoms with Crippen molar-refractivity contribution < 1.29 is 9.59 Å². The molecule has 0 spiro atoms. The fourth-order valence-corrected chi connectivity index (χ4v) is 2.35. The number of rotatable bonds is 5. The van der Waals surface area contributed by atoms with E-state index in [9.17, 15) is 9.59 Å². The van der Waals surface area contributed by atoms with Crippen molar-refractivity contribution in [3.8, 4) is 11.8 Å². The van der Waals surface area contributed by atoms with E-state index in [2.05, 4.69) is 17.2 Å². The maximum atomic E-state index is 10.5. The molecule has 0 saturated heterocycles. The van der Waals surface area contributed by atoms with Crippen LogP contribution in [0.2, 0.25) is 5.02 Å². The molecule has 0 radical (unpaired) electrons. The first-order valence-electron chi connectivity index (χ1n) is 8.59. The molecule has 146 valence electrons. The molecule has 0 aliphatic heterocycles. The fourth-order valence-electron chi connectivity index (χ4n) is 2.17. The van der Waals surface area contributed by atoms with Crippen LogP contribution in [0.4, 0.5) is 0 Å². The SMILES string of the molecule is CNC(C(N)=O)C(C)N.O=Cc1ccc(/C=C/C#Cc2ccccc2Cl)cc1. The number of likely N-dealkylation sites (N-methyl/N-ethyl adjacent to an activating group) is 1. The van der Waals surface area contributed by atoms with E-state index in [4.69, 9.17) is 23.1 Å². The Labute approximate surface area is 170 Å². The third-order valence-electron chi connectivity index (χ3n) is 3.66. The Kier molecular flexibility index (Phi) is 10.3. The van der Waals surface area contributed by atoms with Crippen LogP contribution >= 0.6 is 11.6 Å². The summed E-state index contributed by atoms with van der Waals surface area (Å²) < 4.78 is 0. The van der Waals surface area contributed by atoms with Crippen molar-refractivity contribution in [1.29, 1.82) is 0 Å². The minimum Gasteiger partial charge on any atom is -0.368 e. The summed E-state index contributed by atoms with van der Waals surface area (Å²) in [4.78, 5) is 21.0. The normalized spacial score (nSPS) is 12.1. The molecule has 0 bridgehead atoms. The summed E-state index contributed by atoms with van der Waals surface area (Å²) in [5.74, 6) is 5.51. The first-order valence-corrected chi connectivity index (χ1v) is 8.96. The Hall–Kier alpha value is -2.91. The van der Waals surface area contributed by atoms with Gasteiger partial charge in [-0.1, -0.05) is 59.8 Å². The summed E-state index contributed by atoms with van der Waals surface area (Å²) >= 11 is 5.99. The first-order chi connectivity index (χ1) is 13.4. The van der Waals surface area contributed by atoms with Crippen molar-refractivity contribution >= 4 is 29.9 Å². The number of carbonyl (C=O) groups is 2. The van der Waals surface area contributed by atoms with Crippen LogP contribution in [-0.2, 0) is 4.79 Å². The third-order valence-corrected chi connectivity index (χ3v) is 3.99. The zero-order valence-corrected chi connectivity index (χ0v) is 16.6. The molecule has 0 aliphatic carbocycles. The summed E-state index contributed by atoms with van der Waals surface area (Å²) in [6.07, 6.45) is 4.47. The molecule has 5 nitrogen and oxygen atoms in total. The zero-order valence-electron chi connectivity index (χ0n) is 15.9. The van der Waals surface area contributed by atoms with Crippen LogP contribution < -0.4 is 16.8 Å². The van der Waals surface area contributed by atoms with Gasteiger partial charge in [0.25, 0.3) is 0 Å². The number of halogens is 1. The van der Waals surface area contributed by atoms with Crippen molar-refractivity contribution in [3.05, 3.63) is 76.3 Å². The van der Waals surface area contributed by atoms with Crippen LogP contribution in [0.1, 0.15) is 28.4 Å². The molecule has 2 aromatic rings. The number of benzene rings is 2. The van der Waals surface area contributed by atoms with Gasteiger partial charge in [-0.25, -0.2) is 0 Å². The van der Waals surface area contributed by atoms with Crippen molar-refractivity contribution in [3.63, 3.8) is 0 Å². The van der Waals surface area contributed by atoms with Gasteiger partial charge in [-0.3, -0.25) is 9.59 Å². The molecule has 1 amide bonds. The molecule has 6 heteroatoms. The highest BCUT2D eigenvalue weighted by molar-refractivity contribution is 6.31. The summed E-state index contributed by atoms with van der Waals surface area (Å²) in [6.45, 7) is 1.73. The lowest BCUT2D eigenvalue weighted by Crippen LogP contribution is -2.50. The molecule has 0 heterocycles. The molecule has 0 aromatic heterocycles. The number of nitrogens with one attached hydrogen (secondary N) is 1. The number of amides is 1. The number of carbonyl (C=O) groups excluding carboxylic acids is 2. The van der Waals surface area contributed by atoms with Gasteiger partial charge in [0.2, 0.25) is 5.91 Å². The summed E-state index contributed by atoms with van der Waals surface area (Å²) in [6, 6.07) is 14.1. The molecule has 2 rings (SSSR count). The monoisotopic (exact) mass is 397 g/mol. The molecule has 28 heavy (non-hydrogen) atoms. The second-order valence-electron chi connectivity index (χ2n) is 5.89. The molecular formula is C22H24ClN3O2. The van der Waals surface area contributed by atoms with Gasteiger partial charge in [-0.2, -0.15) is 0 Å². The van der Waals surface area contributed by atoms with E-state index >= 15 is 0 Å². The maximum absolute atomic E-state index is 10.5. The Bertz CT molecular complexity index is 865. The van der Waals surface area contributed by atoms with Crippen molar-refractivity contribution in [1.82, 2.24) is 5.32 Å². The van der Waals surface area contributed by atoms with Gasteiger partial charge in [0, 0.05) is 17.2 Å². The lowest BCUT2D eigenvalue weighted by molar-refractivity contribution is -0.120. The third kappa shape index (κ3) is 8.19. The van der Waals surface area contributed by atoms with Crippen LogP contribution in [0.3, 0.4) is 0 Å². The van der Waals surface area contributed by atoms with Crippen LogP contribution in [0.25, 0.3) is 6.08 Å². The molecule has 0 aliphatic rings. The smallest absolute Gasteiger partial charge is 0.236 e. The van der Waals surface area contributed by atoms with Crippen LogP contribution in [0.5, 0.6) is 0 Å². The summed E-state index contributed by atoms with van der Waals surface area (Å²) in [5.41, 5.74) is 12.8. The van der Waals surface area contributed by atoms with E-state index in [0.717, 1.165) is 17.4 Å². The highest BCUT2D eigenvalue weighted by Gasteiger charge is 2.16. The minimum absolute atomic E-state index is 0.229. The van der Waals surface area contributed by atoms with E-state index in [1.54, 1.807) is 32.2 Å². The van der Waals surface area contributed by atoms with Crippen molar-refractivity contribution in [2.75, 3.05) is 7.05 Å². The second-order valence-corrected chi connectivity index (χ2v) is 6.30. The average molecular weight is 398 g/mol. The number of aldehydes is 1. The first kappa shape index (κ1) is 23.1.